The van der Waals surface area contributed by atoms with Crippen LogP contribution >= 0.6 is 15.9 Å². The molecule has 1 rings (SSSR count). The number of nitrogens with zero attached hydrogens (tertiary/aromatic N) is 1. The van der Waals surface area contributed by atoms with E-state index in [1.807, 2.05) is 0 Å². The van der Waals surface area contributed by atoms with E-state index in [2.05, 4.69) is 20.9 Å². The third-order valence-electron chi connectivity index (χ3n) is 1.74. The van der Waals surface area contributed by atoms with Gasteiger partial charge in [-0.3, -0.25) is 4.79 Å². The smallest absolute Gasteiger partial charge is 0.312 e. The molecular formula is C8H8BrFN2O2. The predicted molar refractivity (Wildman–Crippen MR) is 51.3 cm³/mol. The molecule has 3 N–H and O–H groups in total. The fourth-order valence-corrected chi connectivity index (χ4v) is 1.39. The van der Waals surface area contributed by atoms with Gasteiger partial charge in [0.15, 0.2) is 0 Å². The van der Waals surface area contributed by atoms with Crippen molar-refractivity contribution in [3.8, 4) is 0 Å². The Labute approximate surface area is 88.1 Å². The highest BCUT2D eigenvalue weighted by molar-refractivity contribution is 9.10. The van der Waals surface area contributed by atoms with Crippen LogP contribution in [-0.4, -0.2) is 22.6 Å². The van der Waals surface area contributed by atoms with Crippen molar-refractivity contribution in [2.24, 2.45) is 5.73 Å². The van der Waals surface area contributed by atoms with Crippen LogP contribution in [0.1, 0.15) is 11.5 Å². The van der Waals surface area contributed by atoms with Crippen LogP contribution in [0.2, 0.25) is 0 Å². The number of pyridine rings is 1. The highest BCUT2D eigenvalue weighted by Crippen LogP contribution is 2.21. The fourth-order valence-electron chi connectivity index (χ4n) is 1.04. The minimum Gasteiger partial charge on any atom is -0.481 e. The lowest BCUT2D eigenvalue weighted by atomic mass is 10.0. The standard InChI is InChI=1S/C8H8BrFN2O2/c9-4-1-5(7(10)12-3-4)6(2-11)8(13)14/h1,3,6H,2,11H2,(H,13,14). The Hall–Kier alpha value is -1.01. The van der Waals surface area contributed by atoms with E-state index in [1.54, 1.807) is 0 Å². The second kappa shape index (κ2) is 4.47. The van der Waals surface area contributed by atoms with Crippen molar-refractivity contribution in [3.05, 3.63) is 28.2 Å². The number of aromatic nitrogens is 1. The lowest BCUT2D eigenvalue weighted by Gasteiger charge is -2.10. The van der Waals surface area contributed by atoms with E-state index in [-0.39, 0.29) is 12.1 Å². The maximum absolute atomic E-state index is 13.1. The van der Waals surface area contributed by atoms with Gasteiger partial charge in [-0.15, -0.1) is 0 Å². The summed E-state index contributed by atoms with van der Waals surface area (Å²) in [6.45, 7) is -0.162. The van der Waals surface area contributed by atoms with Crippen LogP contribution in [0.15, 0.2) is 16.7 Å². The Morgan fingerprint density at radius 2 is 2.43 bits per heavy atom. The molecule has 14 heavy (non-hydrogen) atoms. The molecule has 0 radical (unpaired) electrons. The van der Waals surface area contributed by atoms with Crippen molar-refractivity contribution in [2.75, 3.05) is 6.54 Å². The molecule has 0 aliphatic carbocycles. The summed E-state index contributed by atoms with van der Waals surface area (Å²) >= 11 is 3.08. The van der Waals surface area contributed by atoms with Gasteiger partial charge in [0.2, 0.25) is 5.95 Å². The largest absolute Gasteiger partial charge is 0.481 e. The fraction of sp³-hybridized carbons (Fsp3) is 0.250. The molecule has 1 atom stereocenters. The maximum Gasteiger partial charge on any atom is 0.312 e. The zero-order valence-electron chi connectivity index (χ0n) is 7.08. The highest BCUT2D eigenvalue weighted by Gasteiger charge is 2.22. The molecule has 0 aliphatic rings. The van der Waals surface area contributed by atoms with Crippen molar-refractivity contribution >= 4 is 21.9 Å². The van der Waals surface area contributed by atoms with Gasteiger partial charge < -0.3 is 10.8 Å². The van der Waals surface area contributed by atoms with Gasteiger partial charge in [0, 0.05) is 22.8 Å². The zero-order valence-corrected chi connectivity index (χ0v) is 8.66. The van der Waals surface area contributed by atoms with E-state index in [1.165, 1.54) is 12.3 Å². The molecule has 0 spiro atoms. The second-order valence-electron chi connectivity index (χ2n) is 2.66. The lowest BCUT2D eigenvalue weighted by molar-refractivity contribution is -0.138. The van der Waals surface area contributed by atoms with Crippen LogP contribution in [0.4, 0.5) is 4.39 Å². The molecule has 0 fully saturated rings. The summed E-state index contributed by atoms with van der Waals surface area (Å²) in [5.41, 5.74) is 5.23. The number of carboxylic acid groups (broad SMARTS) is 1. The molecule has 0 saturated carbocycles. The van der Waals surface area contributed by atoms with Gasteiger partial charge in [-0.05, 0) is 22.0 Å². The molecule has 1 aromatic heterocycles. The van der Waals surface area contributed by atoms with Crippen LogP contribution in [-0.2, 0) is 4.79 Å². The lowest BCUT2D eigenvalue weighted by Crippen LogP contribution is -2.22. The molecule has 6 heteroatoms. The maximum atomic E-state index is 13.1. The normalized spacial score (nSPS) is 12.5. The molecule has 1 unspecified atom stereocenters. The molecule has 0 aromatic carbocycles. The number of hydrogen-bond acceptors (Lipinski definition) is 3. The Morgan fingerprint density at radius 1 is 1.79 bits per heavy atom. The zero-order chi connectivity index (χ0) is 10.7. The average Bonchev–Trinajstić information content (AvgIpc) is 2.11. The molecule has 0 saturated heterocycles. The average molecular weight is 263 g/mol. The van der Waals surface area contributed by atoms with Crippen molar-refractivity contribution in [2.45, 2.75) is 5.92 Å². The number of carbonyl (C=O) groups is 1. The van der Waals surface area contributed by atoms with E-state index in [9.17, 15) is 9.18 Å². The summed E-state index contributed by atoms with van der Waals surface area (Å²) < 4.78 is 13.6. The first-order valence-corrected chi connectivity index (χ1v) is 4.59. The van der Waals surface area contributed by atoms with Crippen molar-refractivity contribution in [1.82, 2.24) is 4.98 Å². The third kappa shape index (κ3) is 2.27. The summed E-state index contributed by atoms with van der Waals surface area (Å²) in [4.78, 5) is 14.1. The molecule has 1 aromatic rings. The van der Waals surface area contributed by atoms with Gasteiger partial charge >= 0.3 is 5.97 Å². The summed E-state index contributed by atoms with van der Waals surface area (Å²) in [5.74, 6) is -3.02. The Kier molecular flexibility index (Phi) is 3.54. The Morgan fingerprint density at radius 3 is 2.93 bits per heavy atom. The van der Waals surface area contributed by atoms with Crippen molar-refractivity contribution < 1.29 is 14.3 Å². The summed E-state index contributed by atoms with van der Waals surface area (Å²) in [6.07, 6.45) is 1.26. The number of nitrogens with two attached hydrogens (primary N) is 1. The predicted octanol–water partition coefficient (Wildman–Crippen LogP) is 1.11. The van der Waals surface area contributed by atoms with Gasteiger partial charge in [0.05, 0.1) is 5.92 Å². The Balaban J connectivity index is 3.15. The van der Waals surface area contributed by atoms with Crippen LogP contribution < -0.4 is 5.73 Å². The topological polar surface area (TPSA) is 76.2 Å². The van der Waals surface area contributed by atoms with Crippen LogP contribution in [0.5, 0.6) is 0 Å². The molecule has 76 valence electrons. The minimum atomic E-state index is -1.16. The monoisotopic (exact) mass is 262 g/mol. The number of hydrogen-bond donors (Lipinski definition) is 2. The van der Waals surface area contributed by atoms with Crippen LogP contribution in [0, 0.1) is 5.95 Å². The molecule has 1 heterocycles. The first kappa shape index (κ1) is 11.1. The van der Waals surface area contributed by atoms with E-state index >= 15 is 0 Å². The Bertz CT molecular complexity index is 359. The SMILES string of the molecule is NCC(C(=O)O)c1cc(Br)cnc1F. The van der Waals surface area contributed by atoms with Crippen molar-refractivity contribution in [1.29, 1.82) is 0 Å². The van der Waals surface area contributed by atoms with E-state index in [0.29, 0.717) is 4.47 Å². The second-order valence-corrected chi connectivity index (χ2v) is 3.58. The van der Waals surface area contributed by atoms with E-state index < -0.39 is 17.8 Å². The van der Waals surface area contributed by atoms with E-state index in [4.69, 9.17) is 10.8 Å². The summed E-state index contributed by atoms with van der Waals surface area (Å²) in [5, 5.41) is 8.75. The quantitative estimate of drug-likeness (QED) is 0.801. The van der Waals surface area contributed by atoms with Gasteiger partial charge in [0.1, 0.15) is 0 Å². The summed E-state index contributed by atoms with van der Waals surface area (Å²) in [7, 11) is 0. The number of rotatable bonds is 3. The van der Waals surface area contributed by atoms with Crippen LogP contribution in [0.3, 0.4) is 0 Å². The molecule has 0 bridgehead atoms. The molecule has 0 amide bonds. The van der Waals surface area contributed by atoms with Gasteiger partial charge in [0.25, 0.3) is 0 Å². The van der Waals surface area contributed by atoms with Crippen molar-refractivity contribution in [3.63, 3.8) is 0 Å². The van der Waals surface area contributed by atoms with Gasteiger partial charge in [-0.1, -0.05) is 0 Å². The number of halogens is 2. The first-order chi connectivity index (χ1) is 6.56. The van der Waals surface area contributed by atoms with E-state index in [0.717, 1.165) is 0 Å². The molecular weight excluding hydrogens is 255 g/mol. The molecule has 4 nitrogen and oxygen atoms in total. The molecule has 0 aliphatic heterocycles. The van der Waals surface area contributed by atoms with Crippen LogP contribution in [0.25, 0.3) is 0 Å². The number of carboxylic acids is 1. The number of aliphatic carboxylic acids is 1. The summed E-state index contributed by atoms with van der Waals surface area (Å²) in [6, 6.07) is 1.37. The minimum absolute atomic E-state index is 0.00521. The van der Waals surface area contributed by atoms with Gasteiger partial charge in [-0.25, -0.2) is 4.98 Å². The first-order valence-electron chi connectivity index (χ1n) is 3.80. The highest BCUT2D eigenvalue weighted by atomic mass is 79.9. The third-order valence-corrected chi connectivity index (χ3v) is 2.18. The van der Waals surface area contributed by atoms with Gasteiger partial charge in [-0.2, -0.15) is 4.39 Å².